The van der Waals surface area contributed by atoms with E-state index < -0.39 is 0 Å². The Morgan fingerprint density at radius 3 is 2.69 bits per heavy atom. The Labute approximate surface area is 94.3 Å². The van der Waals surface area contributed by atoms with Gasteiger partial charge in [0.2, 0.25) is 0 Å². The zero-order valence-electron chi connectivity index (χ0n) is 8.80. The van der Waals surface area contributed by atoms with Crippen molar-refractivity contribution in [2.75, 3.05) is 0 Å². The molecular formula is C13H12N2O. The van der Waals surface area contributed by atoms with Gasteiger partial charge in [-0.2, -0.15) is 5.10 Å². The second-order valence-corrected chi connectivity index (χ2v) is 3.43. The van der Waals surface area contributed by atoms with E-state index in [9.17, 15) is 5.11 Å². The lowest BCUT2D eigenvalue weighted by Gasteiger charge is -1.98. The normalized spacial score (nSPS) is 10.0. The number of aromatic nitrogens is 2. The molecule has 3 heteroatoms. The number of terminal acetylenes is 1. The molecule has 3 nitrogen and oxygen atoms in total. The average molecular weight is 212 g/mol. The Bertz CT molecular complexity index is 508. The first-order chi connectivity index (χ1) is 7.85. The predicted octanol–water partition coefficient (Wildman–Crippen LogP) is 1.68. The molecule has 1 N–H and O–H groups in total. The molecule has 0 aliphatic carbocycles. The lowest BCUT2D eigenvalue weighted by molar-refractivity contribution is 0.282. The fraction of sp³-hybridized carbons (Fsp3) is 0.154. The molecule has 1 heterocycles. The molecule has 0 unspecified atom stereocenters. The molecule has 0 fully saturated rings. The fourth-order valence-electron chi connectivity index (χ4n) is 1.59. The zero-order valence-corrected chi connectivity index (χ0v) is 8.80. The largest absolute Gasteiger partial charge is 0.392 e. The van der Waals surface area contributed by atoms with Gasteiger partial charge in [-0.1, -0.05) is 36.3 Å². The number of aliphatic hydroxyl groups excluding tert-OH is 1. The van der Waals surface area contributed by atoms with Crippen LogP contribution in [0.2, 0.25) is 0 Å². The highest BCUT2D eigenvalue weighted by Gasteiger charge is 2.09. The number of aliphatic hydroxyl groups is 1. The highest BCUT2D eigenvalue weighted by Crippen LogP contribution is 2.21. The van der Waals surface area contributed by atoms with E-state index in [1.165, 1.54) is 0 Å². The van der Waals surface area contributed by atoms with Crippen molar-refractivity contribution in [3.05, 3.63) is 42.1 Å². The van der Waals surface area contributed by atoms with Crippen molar-refractivity contribution >= 4 is 0 Å². The quantitative estimate of drug-likeness (QED) is 0.786. The minimum absolute atomic E-state index is 0.0329. The van der Waals surface area contributed by atoms with Crippen molar-refractivity contribution in [3.8, 4) is 23.6 Å². The minimum atomic E-state index is -0.0329. The molecule has 1 aromatic carbocycles. The van der Waals surface area contributed by atoms with Crippen LogP contribution in [-0.2, 0) is 13.2 Å². The average Bonchev–Trinajstić information content (AvgIpc) is 2.74. The molecule has 16 heavy (non-hydrogen) atoms. The van der Waals surface area contributed by atoms with Crippen LogP contribution in [0.3, 0.4) is 0 Å². The predicted molar refractivity (Wildman–Crippen MR) is 62.4 cm³/mol. The van der Waals surface area contributed by atoms with E-state index in [4.69, 9.17) is 6.42 Å². The minimum Gasteiger partial charge on any atom is -0.392 e. The zero-order chi connectivity index (χ0) is 11.4. The summed E-state index contributed by atoms with van der Waals surface area (Å²) in [6, 6.07) is 9.75. The summed E-state index contributed by atoms with van der Waals surface area (Å²) in [5.74, 6) is 2.52. The van der Waals surface area contributed by atoms with Crippen LogP contribution in [0.15, 0.2) is 36.5 Å². The molecule has 80 valence electrons. The molecule has 0 aliphatic heterocycles. The number of nitrogens with zero attached hydrogens (tertiary/aromatic N) is 2. The van der Waals surface area contributed by atoms with E-state index in [0.717, 1.165) is 16.8 Å². The van der Waals surface area contributed by atoms with Crippen LogP contribution in [0, 0.1) is 12.3 Å². The summed E-state index contributed by atoms with van der Waals surface area (Å²) in [5.41, 5.74) is 2.57. The summed E-state index contributed by atoms with van der Waals surface area (Å²) in [7, 11) is 0. The number of benzene rings is 1. The fourth-order valence-corrected chi connectivity index (χ4v) is 1.59. The number of hydrogen-bond donors (Lipinski definition) is 1. The highest BCUT2D eigenvalue weighted by molar-refractivity contribution is 5.62. The van der Waals surface area contributed by atoms with Gasteiger partial charge in [-0.25, -0.2) is 0 Å². The molecule has 2 aromatic rings. The van der Waals surface area contributed by atoms with Gasteiger partial charge in [0.25, 0.3) is 0 Å². The molecule has 1 aromatic heterocycles. The smallest absolute Gasteiger partial charge is 0.101 e. The Morgan fingerprint density at radius 2 is 2.06 bits per heavy atom. The van der Waals surface area contributed by atoms with Gasteiger partial charge in [0, 0.05) is 17.3 Å². The summed E-state index contributed by atoms with van der Waals surface area (Å²) in [6.45, 7) is 0.384. The molecular weight excluding hydrogens is 200 g/mol. The third-order valence-electron chi connectivity index (χ3n) is 2.31. The van der Waals surface area contributed by atoms with E-state index in [-0.39, 0.29) is 6.61 Å². The van der Waals surface area contributed by atoms with E-state index >= 15 is 0 Å². The molecule has 0 saturated heterocycles. The maximum atomic E-state index is 9.26. The van der Waals surface area contributed by atoms with Crippen LogP contribution >= 0.6 is 0 Å². The van der Waals surface area contributed by atoms with E-state index in [1.54, 1.807) is 10.9 Å². The first-order valence-electron chi connectivity index (χ1n) is 5.01. The lowest BCUT2D eigenvalue weighted by Crippen LogP contribution is -1.95. The van der Waals surface area contributed by atoms with Crippen LogP contribution in [0.4, 0.5) is 0 Å². The Balaban J connectivity index is 2.44. The Hall–Kier alpha value is -2.05. The van der Waals surface area contributed by atoms with Crippen LogP contribution in [0.1, 0.15) is 5.56 Å². The van der Waals surface area contributed by atoms with Crippen molar-refractivity contribution in [3.63, 3.8) is 0 Å². The summed E-state index contributed by atoms with van der Waals surface area (Å²) in [4.78, 5) is 0. The lowest BCUT2D eigenvalue weighted by atomic mass is 10.1. The van der Waals surface area contributed by atoms with Crippen molar-refractivity contribution in [2.45, 2.75) is 13.2 Å². The van der Waals surface area contributed by atoms with Gasteiger partial charge in [0.05, 0.1) is 12.3 Å². The van der Waals surface area contributed by atoms with Gasteiger partial charge in [-0.15, -0.1) is 6.42 Å². The van der Waals surface area contributed by atoms with Gasteiger partial charge in [0.15, 0.2) is 0 Å². The van der Waals surface area contributed by atoms with Gasteiger partial charge in [0.1, 0.15) is 6.54 Å². The molecule has 0 radical (unpaired) electrons. The first-order valence-corrected chi connectivity index (χ1v) is 5.01. The highest BCUT2D eigenvalue weighted by atomic mass is 16.3. The molecule has 0 atom stereocenters. The summed E-state index contributed by atoms with van der Waals surface area (Å²) >= 11 is 0. The van der Waals surface area contributed by atoms with Gasteiger partial charge in [-0.05, 0) is 0 Å². The number of hydrogen-bond acceptors (Lipinski definition) is 2. The Morgan fingerprint density at radius 1 is 1.31 bits per heavy atom. The Kier molecular flexibility index (Phi) is 3.04. The van der Waals surface area contributed by atoms with Crippen molar-refractivity contribution in [1.82, 2.24) is 9.78 Å². The molecule has 2 rings (SSSR count). The van der Waals surface area contributed by atoms with Crippen molar-refractivity contribution in [2.24, 2.45) is 0 Å². The van der Waals surface area contributed by atoms with Gasteiger partial charge >= 0.3 is 0 Å². The molecule has 0 spiro atoms. The standard InChI is InChI=1S/C13H12N2O/c1-2-8-15-9-12(10-16)13(14-15)11-6-4-3-5-7-11/h1,3-7,9,16H,8,10H2. The summed E-state index contributed by atoms with van der Waals surface area (Å²) in [6.07, 6.45) is 7.01. The van der Waals surface area contributed by atoms with Crippen LogP contribution in [0.25, 0.3) is 11.3 Å². The number of rotatable bonds is 3. The molecule has 0 saturated carbocycles. The monoisotopic (exact) mass is 212 g/mol. The van der Waals surface area contributed by atoms with Gasteiger partial charge < -0.3 is 5.11 Å². The third kappa shape index (κ3) is 1.97. The molecule has 0 amide bonds. The maximum Gasteiger partial charge on any atom is 0.101 e. The van der Waals surface area contributed by atoms with Crippen LogP contribution in [0.5, 0.6) is 0 Å². The summed E-state index contributed by atoms with van der Waals surface area (Å²) in [5, 5.41) is 13.6. The molecule has 0 aliphatic rings. The van der Waals surface area contributed by atoms with E-state index in [1.807, 2.05) is 30.3 Å². The second kappa shape index (κ2) is 4.65. The molecule has 0 bridgehead atoms. The van der Waals surface area contributed by atoms with Crippen molar-refractivity contribution < 1.29 is 5.11 Å². The maximum absolute atomic E-state index is 9.26. The third-order valence-corrected chi connectivity index (χ3v) is 2.31. The SMILES string of the molecule is C#CCn1cc(CO)c(-c2ccccc2)n1. The van der Waals surface area contributed by atoms with E-state index in [0.29, 0.717) is 6.54 Å². The van der Waals surface area contributed by atoms with E-state index in [2.05, 4.69) is 11.0 Å². The van der Waals surface area contributed by atoms with Crippen LogP contribution in [-0.4, -0.2) is 14.9 Å². The van der Waals surface area contributed by atoms with Crippen molar-refractivity contribution in [1.29, 1.82) is 0 Å². The first kappa shape index (κ1) is 10.5. The van der Waals surface area contributed by atoms with Gasteiger partial charge in [-0.3, -0.25) is 4.68 Å². The summed E-state index contributed by atoms with van der Waals surface area (Å²) < 4.78 is 1.66. The van der Waals surface area contributed by atoms with Crippen LogP contribution < -0.4 is 0 Å². The second-order valence-electron chi connectivity index (χ2n) is 3.43. The topological polar surface area (TPSA) is 38.0 Å².